The number of carbonyl (C=O) groups excluding carboxylic acids is 2. The summed E-state index contributed by atoms with van der Waals surface area (Å²) in [6.07, 6.45) is 1.27. The van der Waals surface area contributed by atoms with Gasteiger partial charge >= 0.3 is 6.09 Å². The number of nitrogens with one attached hydrogen (secondary N) is 1. The van der Waals surface area contributed by atoms with E-state index in [9.17, 15) is 9.59 Å². The number of methoxy groups -OCH3 is 1. The maximum Gasteiger partial charge on any atom is 0.410 e. The van der Waals surface area contributed by atoms with Gasteiger partial charge in [-0.25, -0.2) is 14.8 Å². The number of carbonyl (C=O) groups is 2. The highest BCUT2D eigenvalue weighted by atomic mass is 32.1. The summed E-state index contributed by atoms with van der Waals surface area (Å²) in [6, 6.07) is 11.2. The molecule has 1 aliphatic rings. The average Bonchev–Trinajstić information content (AvgIpc) is 3.23. The van der Waals surface area contributed by atoms with Crippen molar-refractivity contribution in [1.82, 2.24) is 14.9 Å². The Bertz CT molecular complexity index is 1210. The molecule has 0 atom stereocenters. The number of amides is 2. The lowest BCUT2D eigenvalue weighted by molar-refractivity contribution is 0.0240. The van der Waals surface area contributed by atoms with Crippen LogP contribution in [0.3, 0.4) is 0 Å². The number of aromatic nitrogens is 2. The Morgan fingerprint density at radius 2 is 1.72 bits per heavy atom. The van der Waals surface area contributed by atoms with Crippen molar-refractivity contribution in [1.29, 1.82) is 0 Å². The summed E-state index contributed by atoms with van der Waals surface area (Å²) in [5.74, 6) is 1.28. The van der Waals surface area contributed by atoms with E-state index >= 15 is 0 Å². The van der Waals surface area contributed by atoms with Crippen molar-refractivity contribution in [3.8, 4) is 17.0 Å². The lowest BCUT2D eigenvalue weighted by Gasteiger charge is -2.36. The fraction of sp³-hybridized carbons (Fsp3) is 0.385. The maximum absolute atomic E-state index is 12.8. The van der Waals surface area contributed by atoms with Crippen LogP contribution < -0.4 is 15.0 Å². The standard InChI is InChI=1S/C26H31N5O4S/c1-17-22(18-6-9-20(34-5)10-7-18)28-24(36-17)29-23(32)19-8-11-21(27-16-19)30-12-14-31(15-13-30)25(33)35-26(2,3)4/h6-11,16H,12-15H2,1-5H3,(H,28,29,32). The molecular weight excluding hydrogens is 478 g/mol. The smallest absolute Gasteiger partial charge is 0.410 e. The van der Waals surface area contributed by atoms with Gasteiger partial charge in [0.15, 0.2) is 5.13 Å². The predicted octanol–water partition coefficient (Wildman–Crippen LogP) is 4.83. The van der Waals surface area contributed by atoms with Crippen LogP contribution in [0.25, 0.3) is 11.3 Å². The molecule has 2 amide bonds. The Balaban J connectivity index is 1.35. The van der Waals surface area contributed by atoms with E-state index in [0.717, 1.165) is 27.7 Å². The van der Waals surface area contributed by atoms with Crippen molar-refractivity contribution in [2.45, 2.75) is 33.3 Å². The Kier molecular flexibility index (Phi) is 7.44. The minimum Gasteiger partial charge on any atom is -0.497 e. The first-order chi connectivity index (χ1) is 17.1. The highest BCUT2D eigenvalue weighted by molar-refractivity contribution is 7.16. The summed E-state index contributed by atoms with van der Waals surface area (Å²) in [5, 5.41) is 3.41. The summed E-state index contributed by atoms with van der Waals surface area (Å²) < 4.78 is 10.7. The minimum absolute atomic E-state index is 0.265. The van der Waals surface area contributed by atoms with Gasteiger partial charge in [-0.1, -0.05) is 0 Å². The quantitative estimate of drug-likeness (QED) is 0.526. The lowest BCUT2D eigenvalue weighted by atomic mass is 10.1. The molecular formula is C26H31N5O4S. The third-order valence-corrected chi connectivity index (χ3v) is 6.53. The van der Waals surface area contributed by atoms with Crippen LogP contribution in [0, 0.1) is 6.92 Å². The van der Waals surface area contributed by atoms with E-state index in [4.69, 9.17) is 9.47 Å². The predicted molar refractivity (Wildman–Crippen MR) is 141 cm³/mol. The van der Waals surface area contributed by atoms with Gasteiger partial charge in [-0.3, -0.25) is 10.1 Å². The van der Waals surface area contributed by atoms with E-state index in [2.05, 4.69) is 20.2 Å². The second-order valence-electron chi connectivity index (χ2n) is 9.47. The third-order valence-electron chi connectivity index (χ3n) is 5.65. The van der Waals surface area contributed by atoms with Crippen molar-refractivity contribution < 1.29 is 19.1 Å². The van der Waals surface area contributed by atoms with Crippen molar-refractivity contribution in [2.75, 3.05) is 43.5 Å². The van der Waals surface area contributed by atoms with Crippen LogP contribution >= 0.6 is 11.3 Å². The second-order valence-corrected chi connectivity index (χ2v) is 10.7. The Morgan fingerprint density at radius 3 is 2.31 bits per heavy atom. The highest BCUT2D eigenvalue weighted by Gasteiger charge is 2.26. The molecule has 1 aromatic carbocycles. The molecule has 1 saturated heterocycles. The molecule has 0 saturated carbocycles. The number of aryl methyl sites for hydroxylation is 1. The Hall–Kier alpha value is -3.66. The van der Waals surface area contributed by atoms with Crippen LogP contribution in [-0.4, -0.2) is 65.8 Å². The maximum atomic E-state index is 12.8. The minimum atomic E-state index is -0.513. The number of pyridine rings is 1. The molecule has 190 valence electrons. The van der Waals surface area contributed by atoms with Gasteiger partial charge in [0.25, 0.3) is 5.91 Å². The van der Waals surface area contributed by atoms with Crippen LogP contribution in [0.15, 0.2) is 42.6 Å². The van der Waals surface area contributed by atoms with Gasteiger partial charge in [0, 0.05) is 42.8 Å². The molecule has 1 aliphatic heterocycles. The van der Waals surface area contributed by atoms with Gasteiger partial charge in [0.1, 0.15) is 17.2 Å². The zero-order valence-electron chi connectivity index (χ0n) is 21.2. The van der Waals surface area contributed by atoms with Crippen molar-refractivity contribution in [2.24, 2.45) is 0 Å². The number of hydrogen-bond donors (Lipinski definition) is 1. The molecule has 1 fully saturated rings. The molecule has 4 rings (SSSR count). The molecule has 0 spiro atoms. The lowest BCUT2D eigenvalue weighted by Crippen LogP contribution is -2.50. The topological polar surface area (TPSA) is 96.9 Å². The molecule has 0 radical (unpaired) electrons. The van der Waals surface area contributed by atoms with Crippen LogP contribution in [0.2, 0.25) is 0 Å². The molecule has 9 nitrogen and oxygen atoms in total. The zero-order chi connectivity index (χ0) is 25.9. The van der Waals surface area contributed by atoms with E-state index in [1.165, 1.54) is 11.3 Å². The number of benzene rings is 1. The van der Waals surface area contributed by atoms with E-state index < -0.39 is 5.60 Å². The number of rotatable bonds is 5. The van der Waals surface area contributed by atoms with Crippen LogP contribution in [-0.2, 0) is 4.74 Å². The van der Waals surface area contributed by atoms with Gasteiger partial charge in [0.05, 0.1) is 18.4 Å². The van der Waals surface area contributed by atoms with Crippen LogP contribution in [0.5, 0.6) is 5.75 Å². The van der Waals surface area contributed by atoms with Gasteiger partial charge in [-0.05, 0) is 64.1 Å². The molecule has 0 aliphatic carbocycles. The second kappa shape index (κ2) is 10.5. The SMILES string of the molecule is COc1ccc(-c2nc(NC(=O)c3ccc(N4CCN(C(=O)OC(C)(C)C)CC4)nc3)sc2C)cc1. The molecule has 0 bridgehead atoms. The van der Waals surface area contributed by atoms with Gasteiger partial charge in [-0.15, -0.1) is 11.3 Å². The van der Waals surface area contributed by atoms with E-state index in [0.29, 0.717) is 36.9 Å². The van der Waals surface area contributed by atoms with Crippen molar-refractivity contribution >= 4 is 34.3 Å². The van der Waals surface area contributed by atoms with Crippen molar-refractivity contribution in [3.05, 3.63) is 53.0 Å². The first-order valence-electron chi connectivity index (χ1n) is 11.7. The zero-order valence-corrected chi connectivity index (χ0v) is 22.0. The Morgan fingerprint density at radius 1 is 1.03 bits per heavy atom. The molecule has 0 unspecified atom stereocenters. The highest BCUT2D eigenvalue weighted by Crippen LogP contribution is 2.31. The van der Waals surface area contributed by atoms with Gasteiger partial charge in [0.2, 0.25) is 0 Å². The van der Waals surface area contributed by atoms with E-state index in [1.807, 2.05) is 58.0 Å². The number of nitrogens with zero attached hydrogens (tertiary/aromatic N) is 4. The summed E-state index contributed by atoms with van der Waals surface area (Å²) in [7, 11) is 1.63. The molecule has 1 N–H and O–H groups in total. The first kappa shape index (κ1) is 25.4. The van der Waals surface area contributed by atoms with E-state index in [-0.39, 0.29) is 12.0 Å². The summed E-state index contributed by atoms with van der Waals surface area (Å²) >= 11 is 1.43. The largest absolute Gasteiger partial charge is 0.497 e. The normalized spacial score (nSPS) is 13.9. The molecule has 3 aromatic rings. The third kappa shape index (κ3) is 6.12. The number of ether oxygens (including phenoxy) is 2. The van der Waals surface area contributed by atoms with E-state index in [1.54, 1.807) is 24.3 Å². The Labute approximate surface area is 215 Å². The summed E-state index contributed by atoms with van der Waals surface area (Å²) in [6.45, 7) is 9.95. The molecule has 10 heteroatoms. The molecule has 36 heavy (non-hydrogen) atoms. The fourth-order valence-electron chi connectivity index (χ4n) is 3.79. The molecule has 3 heterocycles. The van der Waals surface area contributed by atoms with Gasteiger partial charge in [-0.2, -0.15) is 0 Å². The number of piperazine rings is 1. The van der Waals surface area contributed by atoms with Crippen molar-refractivity contribution in [3.63, 3.8) is 0 Å². The molecule has 2 aromatic heterocycles. The van der Waals surface area contributed by atoms with Gasteiger partial charge < -0.3 is 19.3 Å². The number of thiazole rings is 1. The monoisotopic (exact) mass is 509 g/mol. The van der Waals surface area contributed by atoms with Crippen LogP contribution in [0.4, 0.5) is 15.7 Å². The number of anilines is 2. The van der Waals surface area contributed by atoms with Crippen LogP contribution in [0.1, 0.15) is 36.0 Å². The first-order valence-corrected chi connectivity index (χ1v) is 12.6. The summed E-state index contributed by atoms with van der Waals surface area (Å²) in [5.41, 5.74) is 1.73. The summed E-state index contributed by atoms with van der Waals surface area (Å²) in [4.78, 5) is 39.0. The number of hydrogen-bond acceptors (Lipinski definition) is 8. The average molecular weight is 510 g/mol. The fourth-order valence-corrected chi connectivity index (χ4v) is 4.62.